The SMILES string of the molecule is CCOC(=O)CCNC(=O)c1ccc(C(Nc2ccc(-n3cc(Cl)c(C)n3)nc2)C2CCCC2)cc1. The molecule has 8 nitrogen and oxygen atoms in total. The van der Waals surface area contributed by atoms with E-state index in [9.17, 15) is 9.59 Å². The van der Waals surface area contributed by atoms with Crippen LogP contribution in [0, 0.1) is 12.8 Å². The van der Waals surface area contributed by atoms with Crippen LogP contribution in [0.3, 0.4) is 0 Å². The highest BCUT2D eigenvalue weighted by Gasteiger charge is 2.26. The van der Waals surface area contributed by atoms with E-state index in [4.69, 9.17) is 16.3 Å². The van der Waals surface area contributed by atoms with Crippen molar-refractivity contribution in [2.24, 2.45) is 5.92 Å². The number of nitrogens with zero attached hydrogens (tertiary/aromatic N) is 3. The maximum atomic E-state index is 12.5. The second-order valence-corrected chi connectivity index (χ2v) is 9.42. The molecule has 2 aromatic heterocycles. The largest absolute Gasteiger partial charge is 0.466 e. The number of nitrogens with one attached hydrogen (secondary N) is 2. The Bertz CT molecular complexity index is 1150. The number of halogens is 1. The third-order valence-corrected chi connectivity index (χ3v) is 6.84. The highest BCUT2D eigenvalue weighted by molar-refractivity contribution is 6.31. The summed E-state index contributed by atoms with van der Waals surface area (Å²) in [6, 6.07) is 11.7. The molecule has 0 saturated heterocycles. The van der Waals surface area contributed by atoms with Gasteiger partial charge in [-0.1, -0.05) is 36.6 Å². The van der Waals surface area contributed by atoms with Crippen molar-refractivity contribution in [2.75, 3.05) is 18.5 Å². The van der Waals surface area contributed by atoms with Crippen molar-refractivity contribution in [3.8, 4) is 5.82 Å². The molecule has 1 aromatic carbocycles. The van der Waals surface area contributed by atoms with Gasteiger partial charge in [0.05, 0.1) is 47.9 Å². The topological polar surface area (TPSA) is 98.1 Å². The fraction of sp³-hybridized carbons (Fsp3) is 0.407. The van der Waals surface area contributed by atoms with Gasteiger partial charge in [0.2, 0.25) is 0 Å². The molecule has 4 rings (SSSR count). The van der Waals surface area contributed by atoms with Crippen LogP contribution >= 0.6 is 11.6 Å². The zero-order valence-corrected chi connectivity index (χ0v) is 21.4. The average molecular weight is 510 g/mol. The number of carbonyl (C=O) groups is 2. The molecular weight excluding hydrogens is 478 g/mol. The second kappa shape index (κ2) is 12.0. The molecule has 1 aliphatic carbocycles. The van der Waals surface area contributed by atoms with Crippen molar-refractivity contribution in [1.29, 1.82) is 0 Å². The summed E-state index contributed by atoms with van der Waals surface area (Å²) in [5, 5.41) is 11.4. The van der Waals surface area contributed by atoms with Gasteiger partial charge < -0.3 is 15.4 Å². The number of hydrogen-bond acceptors (Lipinski definition) is 6. The minimum Gasteiger partial charge on any atom is -0.466 e. The number of rotatable bonds is 10. The number of hydrogen-bond donors (Lipinski definition) is 2. The van der Waals surface area contributed by atoms with E-state index in [-0.39, 0.29) is 30.9 Å². The van der Waals surface area contributed by atoms with Gasteiger partial charge in [0.15, 0.2) is 5.82 Å². The fourth-order valence-electron chi connectivity index (χ4n) is 4.56. The molecule has 2 heterocycles. The van der Waals surface area contributed by atoms with Gasteiger partial charge >= 0.3 is 5.97 Å². The lowest BCUT2D eigenvalue weighted by Crippen LogP contribution is -2.26. The molecule has 1 unspecified atom stereocenters. The molecule has 1 aliphatic rings. The van der Waals surface area contributed by atoms with Gasteiger partial charge in [0.25, 0.3) is 5.91 Å². The first-order chi connectivity index (χ1) is 17.4. The summed E-state index contributed by atoms with van der Waals surface area (Å²) in [7, 11) is 0. The van der Waals surface area contributed by atoms with Crippen LogP contribution in [0.15, 0.2) is 48.8 Å². The van der Waals surface area contributed by atoms with E-state index >= 15 is 0 Å². The molecule has 1 amide bonds. The minimum atomic E-state index is -0.315. The molecule has 190 valence electrons. The lowest BCUT2D eigenvalue weighted by atomic mass is 9.91. The minimum absolute atomic E-state index is 0.113. The average Bonchev–Trinajstić information content (AvgIpc) is 3.53. The molecule has 3 aromatic rings. The lowest BCUT2D eigenvalue weighted by Gasteiger charge is -2.26. The van der Waals surface area contributed by atoms with Gasteiger partial charge in [-0.15, -0.1) is 0 Å². The van der Waals surface area contributed by atoms with Crippen LogP contribution in [0.5, 0.6) is 0 Å². The monoisotopic (exact) mass is 509 g/mol. The van der Waals surface area contributed by atoms with Gasteiger partial charge in [-0.3, -0.25) is 9.59 Å². The number of ether oxygens (including phenoxy) is 1. The summed E-state index contributed by atoms with van der Waals surface area (Å²) in [5.74, 6) is 0.683. The molecule has 0 bridgehead atoms. The maximum absolute atomic E-state index is 12.5. The Kier molecular flexibility index (Phi) is 8.59. The van der Waals surface area contributed by atoms with Crippen molar-refractivity contribution < 1.29 is 14.3 Å². The van der Waals surface area contributed by atoms with E-state index in [1.54, 1.807) is 17.8 Å². The van der Waals surface area contributed by atoms with E-state index in [1.807, 2.05) is 49.5 Å². The Hall–Kier alpha value is -3.39. The number of anilines is 1. The quantitative estimate of drug-likeness (QED) is 0.362. The van der Waals surface area contributed by atoms with Crippen molar-refractivity contribution in [1.82, 2.24) is 20.1 Å². The first-order valence-electron chi connectivity index (χ1n) is 12.4. The highest BCUT2D eigenvalue weighted by Crippen LogP contribution is 2.38. The van der Waals surface area contributed by atoms with E-state index in [0.29, 0.717) is 28.9 Å². The zero-order chi connectivity index (χ0) is 25.5. The summed E-state index contributed by atoms with van der Waals surface area (Å²) in [5.41, 5.74) is 3.38. The fourth-order valence-corrected chi connectivity index (χ4v) is 4.69. The normalized spacial score (nSPS) is 14.4. The van der Waals surface area contributed by atoms with Crippen molar-refractivity contribution in [2.45, 2.75) is 52.0 Å². The Morgan fingerprint density at radius 3 is 2.53 bits per heavy atom. The first kappa shape index (κ1) is 25.7. The second-order valence-electron chi connectivity index (χ2n) is 9.01. The van der Waals surface area contributed by atoms with Gasteiger partial charge in [0.1, 0.15) is 0 Å². The van der Waals surface area contributed by atoms with E-state index in [1.165, 1.54) is 12.8 Å². The summed E-state index contributed by atoms with van der Waals surface area (Å²) < 4.78 is 6.57. The van der Waals surface area contributed by atoms with Crippen LogP contribution in [0.2, 0.25) is 5.02 Å². The maximum Gasteiger partial charge on any atom is 0.307 e. The van der Waals surface area contributed by atoms with Crippen LogP contribution < -0.4 is 10.6 Å². The summed E-state index contributed by atoms with van der Waals surface area (Å²) in [6.07, 6.45) is 8.48. The van der Waals surface area contributed by atoms with Gasteiger partial charge in [-0.2, -0.15) is 5.10 Å². The number of aromatic nitrogens is 3. The molecule has 1 fully saturated rings. The molecule has 0 spiro atoms. The Morgan fingerprint density at radius 1 is 1.17 bits per heavy atom. The first-order valence-corrected chi connectivity index (χ1v) is 12.8. The van der Waals surface area contributed by atoms with E-state index in [2.05, 4.69) is 20.7 Å². The molecule has 0 aliphatic heterocycles. The molecule has 36 heavy (non-hydrogen) atoms. The molecular formula is C27H32ClN5O3. The van der Waals surface area contributed by atoms with Crippen molar-refractivity contribution >= 4 is 29.2 Å². The molecule has 1 saturated carbocycles. The lowest BCUT2D eigenvalue weighted by molar-refractivity contribution is -0.142. The third-order valence-electron chi connectivity index (χ3n) is 6.47. The molecule has 1 atom stereocenters. The van der Waals surface area contributed by atoms with Crippen molar-refractivity contribution in [3.63, 3.8) is 0 Å². The molecule has 9 heteroatoms. The van der Waals surface area contributed by atoms with Crippen LogP contribution in [0.25, 0.3) is 5.82 Å². The van der Waals surface area contributed by atoms with Gasteiger partial charge in [-0.25, -0.2) is 9.67 Å². The molecule has 2 N–H and O–H groups in total. The van der Waals surface area contributed by atoms with Crippen LogP contribution in [-0.2, 0) is 9.53 Å². The number of esters is 1. The Labute approximate surface area is 216 Å². The predicted molar refractivity (Wildman–Crippen MR) is 139 cm³/mol. The Morgan fingerprint density at radius 2 is 1.92 bits per heavy atom. The standard InChI is InChI=1S/C27H32ClN5O3/c1-3-36-25(34)14-15-29-27(35)21-10-8-20(9-11-21)26(19-6-4-5-7-19)31-22-12-13-24(30-16-22)33-17-23(28)18(2)32-33/h8-13,16-17,19,26,31H,3-7,14-15H2,1-2H3,(H,29,35). The number of pyridine rings is 1. The van der Waals surface area contributed by atoms with Crippen LogP contribution in [-0.4, -0.2) is 39.8 Å². The highest BCUT2D eigenvalue weighted by atomic mass is 35.5. The van der Waals surface area contributed by atoms with Gasteiger partial charge in [0, 0.05) is 12.1 Å². The smallest absolute Gasteiger partial charge is 0.307 e. The third kappa shape index (κ3) is 6.43. The van der Waals surface area contributed by atoms with Gasteiger partial charge in [-0.05, 0) is 62.4 Å². The summed E-state index contributed by atoms with van der Waals surface area (Å²) >= 11 is 6.13. The predicted octanol–water partition coefficient (Wildman–Crippen LogP) is 5.26. The van der Waals surface area contributed by atoms with Crippen LogP contribution in [0.1, 0.15) is 66.7 Å². The number of amides is 1. The molecule has 0 radical (unpaired) electrons. The Balaban J connectivity index is 1.43. The number of benzene rings is 1. The van der Waals surface area contributed by atoms with Crippen molar-refractivity contribution in [3.05, 3.63) is 70.6 Å². The van der Waals surface area contributed by atoms with Crippen LogP contribution in [0.4, 0.5) is 5.69 Å². The zero-order valence-electron chi connectivity index (χ0n) is 20.7. The van der Waals surface area contributed by atoms with E-state index in [0.717, 1.165) is 29.8 Å². The summed E-state index contributed by atoms with van der Waals surface area (Å²) in [6.45, 7) is 4.21. The number of aryl methyl sites for hydroxylation is 1. The van der Waals surface area contributed by atoms with E-state index < -0.39 is 0 Å². The summed E-state index contributed by atoms with van der Waals surface area (Å²) in [4.78, 5) is 28.5. The number of carbonyl (C=O) groups excluding carboxylic acids is 2.